The highest BCUT2D eigenvalue weighted by molar-refractivity contribution is 7.99. The Morgan fingerprint density at radius 3 is 2.59 bits per heavy atom. The van der Waals surface area contributed by atoms with Gasteiger partial charge >= 0.3 is 0 Å². The van der Waals surface area contributed by atoms with Crippen molar-refractivity contribution in [3.05, 3.63) is 23.2 Å². The van der Waals surface area contributed by atoms with Crippen molar-refractivity contribution in [1.29, 1.82) is 0 Å². The average Bonchev–Trinajstić information content (AvgIpc) is 3.04. The van der Waals surface area contributed by atoms with Gasteiger partial charge in [-0.2, -0.15) is 0 Å². The third-order valence-electron chi connectivity index (χ3n) is 4.05. The summed E-state index contributed by atoms with van der Waals surface area (Å²) in [5.74, 6) is 2.27. The van der Waals surface area contributed by atoms with Crippen LogP contribution in [0.3, 0.4) is 0 Å². The number of aryl methyl sites for hydroxylation is 2. The summed E-state index contributed by atoms with van der Waals surface area (Å²) >= 11 is 1.59. The Bertz CT molecular complexity index is 568. The zero-order valence-corrected chi connectivity index (χ0v) is 14.6. The summed E-state index contributed by atoms with van der Waals surface area (Å²) in [7, 11) is 0. The van der Waals surface area contributed by atoms with Gasteiger partial charge in [-0.3, -0.25) is 9.59 Å². The van der Waals surface area contributed by atoms with Crippen molar-refractivity contribution < 1.29 is 14.0 Å². The largest absolute Gasteiger partial charge is 0.456 e. The molecule has 5 nitrogen and oxygen atoms in total. The Labute approximate surface area is 135 Å². The number of hydrogen-bond donors (Lipinski definition) is 1. The molecule has 1 aliphatic rings. The van der Waals surface area contributed by atoms with Crippen molar-refractivity contribution in [2.45, 2.75) is 46.7 Å². The molecule has 0 aromatic carbocycles. The van der Waals surface area contributed by atoms with Gasteiger partial charge < -0.3 is 14.6 Å². The van der Waals surface area contributed by atoms with Gasteiger partial charge in [0.15, 0.2) is 5.76 Å². The topological polar surface area (TPSA) is 62.6 Å². The number of carbonyl (C=O) groups is 2. The summed E-state index contributed by atoms with van der Waals surface area (Å²) in [6, 6.07) is 1.50. The van der Waals surface area contributed by atoms with Crippen LogP contribution in [0.1, 0.15) is 42.6 Å². The number of amides is 2. The van der Waals surface area contributed by atoms with Crippen LogP contribution in [0.2, 0.25) is 0 Å². The SMILES string of the molecule is Cc1cc(C)c(C(=O)N2CSC[C@H]2C(=O)N[C@@H](C)C(C)C)o1. The molecule has 22 heavy (non-hydrogen) atoms. The lowest BCUT2D eigenvalue weighted by molar-refractivity contribution is -0.125. The summed E-state index contributed by atoms with van der Waals surface area (Å²) in [6.07, 6.45) is 0. The van der Waals surface area contributed by atoms with Gasteiger partial charge in [0.05, 0.1) is 5.88 Å². The number of thioether (sulfide) groups is 1. The summed E-state index contributed by atoms with van der Waals surface area (Å²) < 4.78 is 5.50. The van der Waals surface area contributed by atoms with Crippen LogP contribution in [0.15, 0.2) is 10.5 Å². The highest BCUT2D eigenvalue weighted by Crippen LogP contribution is 2.25. The van der Waals surface area contributed by atoms with Gasteiger partial charge in [-0.25, -0.2) is 0 Å². The van der Waals surface area contributed by atoms with Crippen LogP contribution in [0.4, 0.5) is 0 Å². The predicted octanol–water partition coefficient (Wildman–Crippen LogP) is 2.57. The molecule has 1 aromatic rings. The lowest BCUT2D eigenvalue weighted by atomic mass is 10.1. The average molecular weight is 324 g/mol. The fraction of sp³-hybridized carbons (Fsp3) is 0.625. The smallest absolute Gasteiger partial charge is 0.291 e. The Hall–Kier alpha value is -1.43. The van der Waals surface area contributed by atoms with E-state index in [2.05, 4.69) is 19.2 Å². The maximum Gasteiger partial charge on any atom is 0.291 e. The first-order chi connectivity index (χ1) is 10.3. The van der Waals surface area contributed by atoms with Gasteiger partial charge in [0.2, 0.25) is 5.91 Å². The number of nitrogens with zero attached hydrogens (tertiary/aromatic N) is 1. The van der Waals surface area contributed by atoms with Crippen molar-refractivity contribution in [1.82, 2.24) is 10.2 Å². The zero-order chi connectivity index (χ0) is 16.4. The normalized spacial score (nSPS) is 19.5. The molecule has 1 fully saturated rings. The third-order valence-corrected chi connectivity index (χ3v) is 5.06. The van der Waals surface area contributed by atoms with E-state index >= 15 is 0 Å². The van der Waals surface area contributed by atoms with Gasteiger partial charge in [-0.15, -0.1) is 11.8 Å². The highest BCUT2D eigenvalue weighted by Gasteiger charge is 2.37. The third kappa shape index (κ3) is 3.48. The van der Waals surface area contributed by atoms with Crippen molar-refractivity contribution in [3.63, 3.8) is 0 Å². The number of nitrogens with one attached hydrogen (secondary N) is 1. The maximum absolute atomic E-state index is 12.7. The van der Waals surface area contributed by atoms with Crippen LogP contribution < -0.4 is 5.32 Å². The molecule has 2 heterocycles. The molecule has 0 bridgehead atoms. The number of hydrogen-bond acceptors (Lipinski definition) is 4. The van der Waals surface area contributed by atoms with E-state index in [0.717, 1.165) is 5.56 Å². The van der Waals surface area contributed by atoms with Crippen molar-refractivity contribution >= 4 is 23.6 Å². The van der Waals surface area contributed by atoms with Gasteiger partial charge in [0.25, 0.3) is 5.91 Å². The minimum Gasteiger partial charge on any atom is -0.456 e. The van der Waals surface area contributed by atoms with Gasteiger partial charge in [0, 0.05) is 17.4 Å². The molecule has 0 aliphatic carbocycles. The molecule has 122 valence electrons. The van der Waals surface area contributed by atoms with Gasteiger partial charge in [-0.1, -0.05) is 13.8 Å². The van der Waals surface area contributed by atoms with Gasteiger partial charge in [-0.05, 0) is 32.8 Å². The number of carbonyl (C=O) groups excluding carboxylic acids is 2. The van der Waals surface area contributed by atoms with Crippen molar-refractivity contribution in [2.75, 3.05) is 11.6 Å². The Morgan fingerprint density at radius 2 is 2.05 bits per heavy atom. The molecule has 1 saturated heterocycles. The first kappa shape index (κ1) is 16.9. The Balaban J connectivity index is 2.12. The van der Waals surface area contributed by atoms with E-state index in [-0.39, 0.29) is 17.9 Å². The van der Waals surface area contributed by atoms with E-state index in [9.17, 15) is 9.59 Å². The lowest BCUT2D eigenvalue weighted by Crippen LogP contribution is -2.50. The molecule has 0 spiro atoms. The Kier molecular flexibility index (Phi) is 5.21. The molecule has 6 heteroatoms. The van der Waals surface area contributed by atoms with Crippen molar-refractivity contribution in [2.24, 2.45) is 5.92 Å². The molecule has 0 radical (unpaired) electrons. The summed E-state index contributed by atoms with van der Waals surface area (Å²) in [4.78, 5) is 26.7. The first-order valence-electron chi connectivity index (χ1n) is 7.57. The van der Waals surface area contributed by atoms with Crippen LogP contribution in [-0.4, -0.2) is 40.4 Å². The second-order valence-electron chi connectivity index (χ2n) is 6.20. The van der Waals surface area contributed by atoms with E-state index in [1.165, 1.54) is 0 Å². The molecule has 2 atom stereocenters. The predicted molar refractivity (Wildman–Crippen MR) is 87.9 cm³/mol. The standard InChI is InChI=1S/C16H24N2O3S/c1-9(2)12(5)17-15(19)13-7-22-8-18(13)16(20)14-10(3)6-11(4)21-14/h6,9,12-13H,7-8H2,1-5H3,(H,17,19)/t12-,13-/m0/s1. The van der Waals surface area contributed by atoms with Crippen LogP contribution >= 0.6 is 11.8 Å². The molecule has 0 unspecified atom stereocenters. The molecular formula is C16H24N2O3S. The van der Waals surface area contributed by atoms with E-state index in [1.807, 2.05) is 26.8 Å². The second kappa shape index (κ2) is 6.77. The molecule has 1 aliphatic heterocycles. The lowest BCUT2D eigenvalue weighted by Gasteiger charge is -2.25. The van der Waals surface area contributed by atoms with Gasteiger partial charge in [0.1, 0.15) is 11.8 Å². The fourth-order valence-corrected chi connectivity index (χ4v) is 3.49. The quantitative estimate of drug-likeness (QED) is 0.924. The summed E-state index contributed by atoms with van der Waals surface area (Å²) in [5, 5.41) is 3.00. The fourth-order valence-electron chi connectivity index (χ4n) is 2.33. The summed E-state index contributed by atoms with van der Waals surface area (Å²) in [6.45, 7) is 9.77. The Morgan fingerprint density at radius 1 is 1.36 bits per heavy atom. The summed E-state index contributed by atoms with van der Waals surface area (Å²) in [5.41, 5.74) is 0.814. The molecule has 1 aromatic heterocycles. The highest BCUT2D eigenvalue weighted by atomic mass is 32.2. The monoisotopic (exact) mass is 324 g/mol. The zero-order valence-electron chi connectivity index (χ0n) is 13.8. The molecule has 1 N–H and O–H groups in total. The van der Waals surface area contributed by atoms with Crippen molar-refractivity contribution in [3.8, 4) is 0 Å². The maximum atomic E-state index is 12.7. The molecule has 2 rings (SSSR count). The van der Waals surface area contributed by atoms with Crippen LogP contribution in [0, 0.1) is 19.8 Å². The van der Waals surface area contributed by atoms with E-state index in [0.29, 0.717) is 29.1 Å². The number of rotatable bonds is 4. The van der Waals surface area contributed by atoms with Crippen LogP contribution in [-0.2, 0) is 4.79 Å². The molecule has 0 saturated carbocycles. The van der Waals surface area contributed by atoms with E-state index < -0.39 is 6.04 Å². The second-order valence-corrected chi connectivity index (χ2v) is 7.20. The first-order valence-corrected chi connectivity index (χ1v) is 8.72. The van der Waals surface area contributed by atoms with E-state index in [4.69, 9.17) is 4.42 Å². The van der Waals surface area contributed by atoms with Crippen LogP contribution in [0.5, 0.6) is 0 Å². The number of furan rings is 1. The van der Waals surface area contributed by atoms with E-state index in [1.54, 1.807) is 16.7 Å². The van der Waals surface area contributed by atoms with Crippen LogP contribution in [0.25, 0.3) is 0 Å². The minimum absolute atomic E-state index is 0.0829. The molecule has 2 amide bonds. The molecular weight excluding hydrogens is 300 g/mol. The minimum atomic E-state index is -0.427.